The molecule has 0 saturated carbocycles. The van der Waals surface area contributed by atoms with E-state index in [1.807, 2.05) is 6.92 Å². The van der Waals surface area contributed by atoms with Gasteiger partial charge in [0.15, 0.2) is 11.5 Å². The number of hydrogen-bond acceptors (Lipinski definition) is 6. The molecule has 5 rings (SSSR count). The third kappa shape index (κ3) is 3.19. The normalized spacial score (nSPS) is 12.4. The molecule has 0 saturated heterocycles. The van der Waals surface area contributed by atoms with E-state index >= 15 is 0 Å². The van der Waals surface area contributed by atoms with Gasteiger partial charge in [-0.05, 0) is 30.5 Å². The first-order valence-electron chi connectivity index (χ1n) is 9.39. The maximum absolute atomic E-state index is 14.7. The van der Waals surface area contributed by atoms with E-state index in [1.165, 1.54) is 35.7 Å². The molecule has 0 amide bonds. The number of imidazole rings is 1. The fourth-order valence-electron chi connectivity index (χ4n) is 3.59. The van der Waals surface area contributed by atoms with E-state index in [0.29, 0.717) is 38.5 Å². The summed E-state index contributed by atoms with van der Waals surface area (Å²) in [6, 6.07) is 7.74. The zero-order valence-corrected chi connectivity index (χ0v) is 16.9. The van der Waals surface area contributed by atoms with Crippen LogP contribution in [0.2, 0.25) is 5.02 Å². The summed E-state index contributed by atoms with van der Waals surface area (Å²) in [6.07, 6.45) is 5.57. The molecule has 2 N–H and O–H groups in total. The van der Waals surface area contributed by atoms with Crippen molar-refractivity contribution in [1.82, 2.24) is 29.5 Å². The molecule has 1 unspecified atom stereocenters. The Hall–Kier alpha value is -3.85. The molecular weight excluding hydrogens is 421 g/mol. The minimum absolute atomic E-state index is 0.0329. The highest BCUT2D eigenvalue weighted by Crippen LogP contribution is 2.28. The highest BCUT2D eigenvalue weighted by Gasteiger charge is 2.21. The molecular formula is C21H15ClFN7O. The van der Waals surface area contributed by atoms with E-state index in [4.69, 9.17) is 11.6 Å². The van der Waals surface area contributed by atoms with Gasteiger partial charge in [0.25, 0.3) is 5.56 Å². The number of aromatic amines is 1. The Labute approximate surface area is 179 Å². The maximum Gasteiger partial charge on any atom is 0.264 e. The number of pyridine rings is 2. The van der Waals surface area contributed by atoms with E-state index in [2.05, 4.69) is 30.2 Å². The lowest BCUT2D eigenvalue weighted by Gasteiger charge is -2.21. The lowest BCUT2D eigenvalue weighted by molar-refractivity contribution is 0.608. The molecule has 0 aliphatic rings. The standard InChI is InChI=1S/C21H15ClFN7O/c1-11(29-20-18-19(26-9-25-18)27-10-28-20)15-7-12-3-2-4-13(22)17(12)21(31)30(15)16-8-24-6-5-14(16)23/h2-11H,1H3,(H2,25,26,27,28,29). The fourth-order valence-corrected chi connectivity index (χ4v) is 3.85. The predicted octanol–water partition coefficient (Wildman–Crippen LogP) is 4.02. The van der Waals surface area contributed by atoms with Crippen molar-refractivity contribution in [3.8, 4) is 5.69 Å². The van der Waals surface area contributed by atoms with Crippen molar-refractivity contribution < 1.29 is 4.39 Å². The first-order chi connectivity index (χ1) is 15.0. The second-order valence-electron chi connectivity index (χ2n) is 6.93. The van der Waals surface area contributed by atoms with Crippen molar-refractivity contribution >= 4 is 39.4 Å². The highest BCUT2D eigenvalue weighted by molar-refractivity contribution is 6.35. The molecule has 154 valence electrons. The highest BCUT2D eigenvalue weighted by atomic mass is 35.5. The van der Waals surface area contributed by atoms with Crippen LogP contribution in [0.4, 0.5) is 10.2 Å². The molecule has 0 aliphatic heterocycles. The number of aromatic nitrogens is 6. The van der Waals surface area contributed by atoms with Gasteiger partial charge in [-0.3, -0.25) is 14.3 Å². The molecule has 0 bridgehead atoms. The van der Waals surface area contributed by atoms with E-state index < -0.39 is 17.4 Å². The minimum atomic E-state index is -0.575. The van der Waals surface area contributed by atoms with Crippen LogP contribution in [0.15, 0.2) is 60.2 Å². The van der Waals surface area contributed by atoms with Gasteiger partial charge in [0, 0.05) is 11.9 Å². The van der Waals surface area contributed by atoms with Crippen LogP contribution in [0.5, 0.6) is 0 Å². The first kappa shape index (κ1) is 19.1. The number of halogens is 2. The Bertz CT molecular complexity index is 1500. The van der Waals surface area contributed by atoms with Crippen molar-refractivity contribution in [2.24, 2.45) is 0 Å². The maximum atomic E-state index is 14.7. The van der Waals surface area contributed by atoms with Gasteiger partial charge in [0.2, 0.25) is 0 Å². The van der Waals surface area contributed by atoms with Crippen LogP contribution >= 0.6 is 11.6 Å². The number of rotatable bonds is 4. The molecule has 4 aromatic heterocycles. The second-order valence-corrected chi connectivity index (χ2v) is 7.34. The summed E-state index contributed by atoms with van der Waals surface area (Å²) in [6.45, 7) is 1.84. The average Bonchev–Trinajstić information content (AvgIpc) is 3.24. The summed E-state index contributed by atoms with van der Waals surface area (Å²) >= 11 is 6.31. The van der Waals surface area contributed by atoms with Crippen LogP contribution in [0, 0.1) is 5.82 Å². The fraction of sp³-hybridized carbons (Fsp3) is 0.0952. The van der Waals surface area contributed by atoms with E-state index in [1.54, 1.807) is 24.3 Å². The molecule has 10 heteroatoms. The van der Waals surface area contributed by atoms with Crippen molar-refractivity contribution in [3.05, 3.63) is 82.3 Å². The van der Waals surface area contributed by atoms with Crippen LogP contribution < -0.4 is 10.9 Å². The summed E-state index contributed by atoms with van der Waals surface area (Å²) in [4.78, 5) is 33.0. The van der Waals surface area contributed by atoms with Crippen LogP contribution in [0.25, 0.3) is 27.6 Å². The largest absolute Gasteiger partial charge is 0.360 e. The van der Waals surface area contributed by atoms with Gasteiger partial charge >= 0.3 is 0 Å². The van der Waals surface area contributed by atoms with Gasteiger partial charge in [-0.25, -0.2) is 19.3 Å². The Morgan fingerprint density at radius 2 is 2.10 bits per heavy atom. The SMILES string of the molecule is CC(Nc1ncnc2[nH]cnc12)c1cc2cccc(Cl)c2c(=O)n1-c1cnccc1F. The molecule has 31 heavy (non-hydrogen) atoms. The molecule has 0 radical (unpaired) electrons. The molecule has 0 spiro atoms. The number of hydrogen-bond donors (Lipinski definition) is 2. The van der Waals surface area contributed by atoms with Gasteiger partial charge in [-0.2, -0.15) is 0 Å². The van der Waals surface area contributed by atoms with Crippen molar-refractivity contribution in [3.63, 3.8) is 0 Å². The molecule has 1 atom stereocenters. The number of nitrogens with zero attached hydrogens (tertiary/aromatic N) is 5. The Morgan fingerprint density at radius 3 is 2.94 bits per heavy atom. The number of H-pyrrole nitrogens is 1. The lowest BCUT2D eigenvalue weighted by Crippen LogP contribution is -2.26. The number of fused-ring (bicyclic) bond motifs is 2. The number of nitrogens with one attached hydrogen (secondary N) is 2. The minimum Gasteiger partial charge on any atom is -0.360 e. The average molecular weight is 436 g/mol. The number of benzene rings is 1. The lowest BCUT2D eigenvalue weighted by atomic mass is 10.1. The zero-order chi connectivity index (χ0) is 21.5. The topological polar surface area (TPSA) is 101 Å². The molecule has 1 aromatic carbocycles. The van der Waals surface area contributed by atoms with Crippen LogP contribution in [-0.4, -0.2) is 29.5 Å². The van der Waals surface area contributed by atoms with E-state index in [-0.39, 0.29) is 5.69 Å². The van der Waals surface area contributed by atoms with Gasteiger partial charge in [-0.1, -0.05) is 23.7 Å². The molecule has 5 aromatic rings. The summed E-state index contributed by atoms with van der Waals surface area (Å²) in [7, 11) is 0. The third-order valence-corrected chi connectivity index (χ3v) is 5.34. The van der Waals surface area contributed by atoms with Crippen molar-refractivity contribution in [1.29, 1.82) is 0 Å². The quantitative estimate of drug-likeness (QED) is 0.442. The van der Waals surface area contributed by atoms with Crippen LogP contribution in [0.3, 0.4) is 0 Å². The van der Waals surface area contributed by atoms with Crippen LogP contribution in [0.1, 0.15) is 18.7 Å². The predicted molar refractivity (Wildman–Crippen MR) is 116 cm³/mol. The second kappa shape index (κ2) is 7.44. The Balaban J connectivity index is 1.74. The van der Waals surface area contributed by atoms with Gasteiger partial charge < -0.3 is 10.3 Å². The van der Waals surface area contributed by atoms with Gasteiger partial charge in [0.05, 0.1) is 29.0 Å². The summed E-state index contributed by atoms with van der Waals surface area (Å²) in [5.74, 6) is -0.0933. The van der Waals surface area contributed by atoms with Crippen molar-refractivity contribution in [2.45, 2.75) is 13.0 Å². The Morgan fingerprint density at radius 1 is 1.23 bits per heavy atom. The summed E-state index contributed by atoms with van der Waals surface area (Å²) in [5, 5.41) is 4.50. The molecule has 0 aliphatic carbocycles. The van der Waals surface area contributed by atoms with Crippen LogP contribution in [-0.2, 0) is 0 Å². The molecule has 8 nitrogen and oxygen atoms in total. The Kier molecular flexibility index (Phi) is 4.59. The van der Waals surface area contributed by atoms with Crippen molar-refractivity contribution in [2.75, 3.05) is 5.32 Å². The zero-order valence-electron chi connectivity index (χ0n) is 16.2. The first-order valence-corrected chi connectivity index (χ1v) is 9.77. The van der Waals surface area contributed by atoms with Gasteiger partial charge in [0.1, 0.15) is 23.3 Å². The molecule has 4 heterocycles. The third-order valence-electron chi connectivity index (χ3n) is 5.03. The van der Waals surface area contributed by atoms with E-state index in [9.17, 15) is 9.18 Å². The van der Waals surface area contributed by atoms with E-state index in [0.717, 1.165) is 0 Å². The van der Waals surface area contributed by atoms with Gasteiger partial charge in [-0.15, -0.1) is 0 Å². The smallest absolute Gasteiger partial charge is 0.264 e. The monoisotopic (exact) mass is 435 g/mol. The molecule has 0 fully saturated rings. The summed E-state index contributed by atoms with van der Waals surface area (Å²) < 4.78 is 16.0. The number of anilines is 1. The summed E-state index contributed by atoms with van der Waals surface area (Å²) in [5.41, 5.74) is 1.23.